The lowest BCUT2D eigenvalue weighted by atomic mass is 10.1. The molecule has 0 aliphatic heterocycles. The molecule has 2 rings (SSSR count). The predicted octanol–water partition coefficient (Wildman–Crippen LogP) is 3.92. The fourth-order valence-electron chi connectivity index (χ4n) is 2.12. The van der Waals surface area contributed by atoms with Crippen molar-refractivity contribution in [2.45, 2.75) is 33.6 Å². The Kier molecular flexibility index (Phi) is 4.43. The van der Waals surface area contributed by atoms with Crippen LogP contribution < -0.4 is 5.32 Å². The van der Waals surface area contributed by atoms with Gasteiger partial charge in [-0.2, -0.15) is 0 Å². The summed E-state index contributed by atoms with van der Waals surface area (Å²) in [6, 6.07) is 8.51. The Morgan fingerprint density at radius 2 is 2.06 bits per heavy atom. The normalized spacial score (nSPS) is 11.6. The Bertz CT molecular complexity index is 499. The molecule has 1 aromatic heterocycles. The fraction of sp³-hybridized carbons (Fsp3) is 0.500. The molecule has 0 atom stereocenters. The highest BCUT2D eigenvalue weighted by molar-refractivity contribution is 5.78. The van der Waals surface area contributed by atoms with Crippen LogP contribution in [0.1, 0.15) is 31.6 Å². The molecule has 98 valence electrons. The first-order valence-electron chi connectivity index (χ1n) is 6.85. The molecule has 2 heteroatoms. The summed E-state index contributed by atoms with van der Waals surface area (Å²) in [5, 5.41) is 4.68. The Morgan fingerprint density at radius 1 is 1.22 bits per heavy atom. The van der Waals surface area contributed by atoms with E-state index < -0.39 is 0 Å². The predicted molar refractivity (Wildman–Crippen MR) is 77.0 cm³/mol. The molecule has 0 radical (unpaired) electrons. The zero-order chi connectivity index (χ0) is 13.0. The van der Waals surface area contributed by atoms with E-state index >= 15 is 0 Å². The van der Waals surface area contributed by atoms with Crippen molar-refractivity contribution in [2.75, 3.05) is 13.1 Å². The lowest BCUT2D eigenvalue weighted by molar-refractivity contribution is 0.509. The molecular formula is C16H23NO. The highest BCUT2D eigenvalue weighted by Gasteiger charge is 2.03. The summed E-state index contributed by atoms with van der Waals surface area (Å²) in [7, 11) is 0. The van der Waals surface area contributed by atoms with Gasteiger partial charge >= 0.3 is 0 Å². The van der Waals surface area contributed by atoms with E-state index in [4.69, 9.17) is 4.42 Å². The minimum atomic E-state index is 0.721. The van der Waals surface area contributed by atoms with Crippen LogP contribution in [0.25, 0.3) is 11.0 Å². The molecule has 0 amide bonds. The monoisotopic (exact) mass is 245 g/mol. The molecule has 1 N–H and O–H groups in total. The van der Waals surface area contributed by atoms with Crippen molar-refractivity contribution in [3.63, 3.8) is 0 Å². The van der Waals surface area contributed by atoms with Crippen molar-refractivity contribution in [3.8, 4) is 0 Å². The highest BCUT2D eigenvalue weighted by atomic mass is 16.3. The fourth-order valence-corrected chi connectivity index (χ4v) is 2.12. The van der Waals surface area contributed by atoms with E-state index in [2.05, 4.69) is 50.4 Å². The van der Waals surface area contributed by atoms with Gasteiger partial charge in [0.25, 0.3) is 0 Å². The third kappa shape index (κ3) is 3.61. The maximum Gasteiger partial charge on any atom is 0.134 e. The van der Waals surface area contributed by atoms with E-state index in [-0.39, 0.29) is 0 Å². The summed E-state index contributed by atoms with van der Waals surface area (Å²) in [4.78, 5) is 0. The van der Waals surface area contributed by atoms with E-state index in [1.54, 1.807) is 0 Å². The van der Waals surface area contributed by atoms with E-state index in [1.807, 2.05) is 0 Å². The Hall–Kier alpha value is -1.28. The van der Waals surface area contributed by atoms with Crippen LogP contribution in [-0.2, 0) is 6.42 Å². The molecule has 0 spiro atoms. The van der Waals surface area contributed by atoms with E-state index in [1.165, 1.54) is 10.9 Å². The van der Waals surface area contributed by atoms with Gasteiger partial charge in [-0.3, -0.25) is 0 Å². The summed E-state index contributed by atoms with van der Waals surface area (Å²) >= 11 is 0. The molecule has 1 aromatic carbocycles. The zero-order valence-corrected chi connectivity index (χ0v) is 11.6. The van der Waals surface area contributed by atoms with Gasteiger partial charge in [-0.25, -0.2) is 0 Å². The largest absolute Gasteiger partial charge is 0.461 e. The van der Waals surface area contributed by atoms with Crippen molar-refractivity contribution < 1.29 is 4.42 Å². The van der Waals surface area contributed by atoms with Crippen LogP contribution in [-0.4, -0.2) is 13.1 Å². The highest BCUT2D eigenvalue weighted by Crippen LogP contribution is 2.21. The van der Waals surface area contributed by atoms with E-state index in [0.29, 0.717) is 0 Å². The molecule has 18 heavy (non-hydrogen) atoms. The topological polar surface area (TPSA) is 25.2 Å². The minimum absolute atomic E-state index is 0.721. The molecule has 0 saturated heterocycles. The lowest BCUT2D eigenvalue weighted by Gasteiger charge is -2.05. The number of furan rings is 1. The smallest absolute Gasteiger partial charge is 0.134 e. The Labute approximate surface area is 109 Å². The number of hydrogen-bond donors (Lipinski definition) is 1. The van der Waals surface area contributed by atoms with Gasteiger partial charge in [0.2, 0.25) is 0 Å². The average molecular weight is 245 g/mol. The molecule has 0 aliphatic rings. The molecule has 0 fully saturated rings. The summed E-state index contributed by atoms with van der Waals surface area (Å²) < 4.78 is 5.82. The Morgan fingerprint density at radius 3 is 2.83 bits per heavy atom. The number of nitrogens with one attached hydrogen (secondary N) is 1. The number of benzene rings is 1. The second-order valence-electron chi connectivity index (χ2n) is 5.46. The van der Waals surface area contributed by atoms with E-state index in [0.717, 1.165) is 43.2 Å². The van der Waals surface area contributed by atoms with Gasteiger partial charge in [-0.15, -0.1) is 0 Å². The van der Waals surface area contributed by atoms with Crippen molar-refractivity contribution in [2.24, 2.45) is 5.92 Å². The van der Waals surface area contributed by atoms with Crippen LogP contribution in [0.3, 0.4) is 0 Å². The lowest BCUT2D eigenvalue weighted by Crippen LogP contribution is -2.20. The van der Waals surface area contributed by atoms with Crippen molar-refractivity contribution >= 4 is 11.0 Å². The first-order chi connectivity index (χ1) is 8.65. The maximum absolute atomic E-state index is 5.82. The van der Waals surface area contributed by atoms with Crippen LogP contribution in [0.4, 0.5) is 0 Å². The van der Waals surface area contributed by atoms with Crippen LogP contribution in [0.15, 0.2) is 28.7 Å². The van der Waals surface area contributed by atoms with Crippen LogP contribution in [0.2, 0.25) is 0 Å². The standard InChI is InChI=1S/C16H23NO/c1-12(2)11-17-8-4-5-15-10-14-9-13(3)6-7-16(14)18-15/h6-7,9-10,12,17H,4-5,8,11H2,1-3H3. The van der Waals surface area contributed by atoms with Crippen LogP contribution >= 0.6 is 0 Å². The minimum Gasteiger partial charge on any atom is -0.461 e. The van der Waals surface area contributed by atoms with Gasteiger partial charge in [0.15, 0.2) is 0 Å². The molecule has 2 nitrogen and oxygen atoms in total. The first-order valence-corrected chi connectivity index (χ1v) is 6.85. The second-order valence-corrected chi connectivity index (χ2v) is 5.46. The summed E-state index contributed by atoms with van der Waals surface area (Å²) in [6.07, 6.45) is 2.14. The number of fused-ring (bicyclic) bond motifs is 1. The van der Waals surface area contributed by atoms with Gasteiger partial charge < -0.3 is 9.73 Å². The van der Waals surface area contributed by atoms with Gasteiger partial charge in [-0.05, 0) is 50.6 Å². The van der Waals surface area contributed by atoms with Gasteiger partial charge in [-0.1, -0.05) is 25.5 Å². The summed E-state index contributed by atoms with van der Waals surface area (Å²) in [5.74, 6) is 1.82. The average Bonchev–Trinajstić information content (AvgIpc) is 2.70. The molecule has 0 bridgehead atoms. The maximum atomic E-state index is 5.82. The number of hydrogen-bond acceptors (Lipinski definition) is 2. The third-order valence-electron chi connectivity index (χ3n) is 3.05. The summed E-state index contributed by atoms with van der Waals surface area (Å²) in [5.41, 5.74) is 2.29. The number of aryl methyl sites for hydroxylation is 2. The quantitative estimate of drug-likeness (QED) is 0.780. The third-order valence-corrected chi connectivity index (χ3v) is 3.05. The molecular weight excluding hydrogens is 222 g/mol. The zero-order valence-electron chi connectivity index (χ0n) is 11.6. The van der Waals surface area contributed by atoms with Gasteiger partial charge in [0.05, 0.1) is 0 Å². The van der Waals surface area contributed by atoms with Crippen LogP contribution in [0.5, 0.6) is 0 Å². The van der Waals surface area contributed by atoms with Crippen molar-refractivity contribution in [1.82, 2.24) is 5.32 Å². The molecule has 0 saturated carbocycles. The molecule has 1 heterocycles. The molecule has 0 unspecified atom stereocenters. The second kappa shape index (κ2) is 6.05. The Balaban J connectivity index is 1.84. The molecule has 2 aromatic rings. The molecule has 0 aliphatic carbocycles. The van der Waals surface area contributed by atoms with Crippen molar-refractivity contribution in [3.05, 3.63) is 35.6 Å². The SMILES string of the molecule is Cc1ccc2oc(CCCNCC(C)C)cc2c1. The van der Waals surface area contributed by atoms with Crippen molar-refractivity contribution in [1.29, 1.82) is 0 Å². The van der Waals surface area contributed by atoms with Crippen LogP contribution in [0, 0.1) is 12.8 Å². The number of rotatable bonds is 6. The van der Waals surface area contributed by atoms with Gasteiger partial charge in [0, 0.05) is 11.8 Å². The first kappa shape index (κ1) is 13.2. The van der Waals surface area contributed by atoms with Gasteiger partial charge in [0.1, 0.15) is 11.3 Å². The summed E-state index contributed by atoms with van der Waals surface area (Å²) in [6.45, 7) is 8.73. The van der Waals surface area contributed by atoms with E-state index in [9.17, 15) is 0 Å².